The van der Waals surface area contributed by atoms with Crippen molar-refractivity contribution in [2.24, 2.45) is 0 Å². The van der Waals surface area contributed by atoms with E-state index in [0.29, 0.717) is 25.2 Å². The van der Waals surface area contributed by atoms with E-state index in [-0.39, 0.29) is 35.7 Å². The second-order valence-electron chi connectivity index (χ2n) is 9.27. The van der Waals surface area contributed by atoms with Gasteiger partial charge in [0.05, 0.1) is 23.9 Å². The fourth-order valence-corrected chi connectivity index (χ4v) is 3.68. The van der Waals surface area contributed by atoms with Gasteiger partial charge in [-0.2, -0.15) is 0 Å². The standard InChI is InChI=1S/C22H32FN5O6/c1-5-33-18-16(24-12-6-7-12)14(19(29)26-27-20(30)31)10-15(23)17(18)28-9-8-13(11-28)25-21(32)34-22(2,3)4/h10,12-13,24,27H,5-9,11H2,1-4H3,(H,25,32)(H,26,29)(H,30,31). The van der Waals surface area contributed by atoms with Crippen LogP contribution in [0.4, 0.5) is 25.4 Å². The first-order valence-electron chi connectivity index (χ1n) is 11.3. The molecule has 3 amide bonds. The molecule has 1 heterocycles. The summed E-state index contributed by atoms with van der Waals surface area (Å²) in [5.41, 5.74) is 3.60. The van der Waals surface area contributed by atoms with Gasteiger partial charge in [0.1, 0.15) is 11.3 Å². The average molecular weight is 482 g/mol. The summed E-state index contributed by atoms with van der Waals surface area (Å²) in [7, 11) is 0. The Kier molecular flexibility index (Phi) is 7.57. The van der Waals surface area contributed by atoms with Gasteiger partial charge in [-0.25, -0.2) is 19.4 Å². The van der Waals surface area contributed by atoms with Crippen LogP contribution in [0.15, 0.2) is 6.07 Å². The van der Waals surface area contributed by atoms with Crippen molar-refractivity contribution in [2.75, 3.05) is 29.9 Å². The molecular formula is C22H32FN5O6. The Balaban J connectivity index is 1.89. The summed E-state index contributed by atoms with van der Waals surface area (Å²) in [4.78, 5) is 37.3. The molecule has 2 aliphatic rings. The first-order chi connectivity index (χ1) is 16.0. The molecule has 1 unspecified atom stereocenters. The number of anilines is 2. The number of nitrogens with zero attached hydrogens (tertiary/aromatic N) is 1. The smallest absolute Gasteiger partial charge is 0.423 e. The molecule has 11 nitrogen and oxygen atoms in total. The topological polar surface area (TPSA) is 141 Å². The Hall–Kier alpha value is -3.44. The van der Waals surface area contributed by atoms with Gasteiger partial charge >= 0.3 is 12.2 Å². The van der Waals surface area contributed by atoms with Crippen LogP contribution in [0.3, 0.4) is 0 Å². The minimum atomic E-state index is -1.45. The largest absolute Gasteiger partial charge is 0.489 e. The maximum Gasteiger partial charge on any atom is 0.423 e. The zero-order chi connectivity index (χ0) is 25.0. The van der Waals surface area contributed by atoms with Crippen LogP contribution in [0.2, 0.25) is 0 Å². The van der Waals surface area contributed by atoms with Crippen LogP contribution in [0.1, 0.15) is 57.3 Å². The number of hydrogen-bond acceptors (Lipinski definition) is 7. The molecule has 1 aromatic carbocycles. The van der Waals surface area contributed by atoms with Crippen molar-refractivity contribution in [1.82, 2.24) is 16.2 Å². The van der Waals surface area contributed by atoms with Crippen molar-refractivity contribution in [3.05, 3.63) is 17.4 Å². The fraction of sp³-hybridized carbons (Fsp3) is 0.591. The first kappa shape index (κ1) is 25.2. The maximum atomic E-state index is 15.4. The molecule has 1 saturated carbocycles. The number of alkyl carbamates (subject to hydrolysis) is 1. The van der Waals surface area contributed by atoms with Gasteiger partial charge in [-0.1, -0.05) is 0 Å². The van der Waals surface area contributed by atoms with Gasteiger partial charge in [0, 0.05) is 19.1 Å². The van der Waals surface area contributed by atoms with Crippen LogP contribution < -0.4 is 31.1 Å². The molecule has 5 N–H and O–H groups in total. The van der Waals surface area contributed by atoms with Crippen molar-refractivity contribution in [1.29, 1.82) is 0 Å². The third-order valence-corrected chi connectivity index (χ3v) is 5.18. The predicted molar refractivity (Wildman–Crippen MR) is 123 cm³/mol. The zero-order valence-electron chi connectivity index (χ0n) is 19.8. The molecule has 1 saturated heterocycles. The van der Waals surface area contributed by atoms with Crippen molar-refractivity contribution in [3.63, 3.8) is 0 Å². The first-order valence-corrected chi connectivity index (χ1v) is 11.3. The molecule has 1 aliphatic heterocycles. The summed E-state index contributed by atoms with van der Waals surface area (Å²) >= 11 is 0. The lowest BCUT2D eigenvalue weighted by Crippen LogP contribution is -2.41. The molecular weight excluding hydrogens is 449 g/mol. The second-order valence-corrected chi connectivity index (χ2v) is 9.27. The van der Waals surface area contributed by atoms with Gasteiger partial charge in [0.25, 0.3) is 5.91 Å². The minimum Gasteiger partial charge on any atom is -0.489 e. The fourth-order valence-electron chi connectivity index (χ4n) is 3.68. The second kappa shape index (κ2) is 10.2. The third-order valence-electron chi connectivity index (χ3n) is 5.18. The zero-order valence-corrected chi connectivity index (χ0v) is 19.8. The number of carbonyl (C=O) groups is 3. The average Bonchev–Trinajstić information content (AvgIpc) is 3.43. The highest BCUT2D eigenvalue weighted by Crippen LogP contribution is 2.44. The van der Waals surface area contributed by atoms with Crippen LogP contribution >= 0.6 is 0 Å². The summed E-state index contributed by atoms with van der Waals surface area (Å²) in [6.07, 6.45) is 0.350. The summed E-state index contributed by atoms with van der Waals surface area (Å²) in [5.74, 6) is -1.33. The number of amides is 3. The molecule has 1 aliphatic carbocycles. The van der Waals surface area contributed by atoms with Crippen LogP contribution in [0.25, 0.3) is 0 Å². The maximum absolute atomic E-state index is 15.4. The molecule has 0 radical (unpaired) electrons. The van der Waals surface area contributed by atoms with E-state index in [1.54, 1.807) is 38.0 Å². The normalized spacial score (nSPS) is 17.7. The van der Waals surface area contributed by atoms with Gasteiger partial charge in [-0.15, -0.1) is 0 Å². The number of hydrazine groups is 1. The quantitative estimate of drug-likeness (QED) is 0.375. The lowest BCUT2D eigenvalue weighted by Gasteiger charge is -2.26. The molecule has 188 valence electrons. The van der Waals surface area contributed by atoms with E-state index in [9.17, 15) is 14.4 Å². The highest BCUT2D eigenvalue weighted by Gasteiger charge is 2.34. The number of benzene rings is 1. The number of rotatable bonds is 7. The minimum absolute atomic E-state index is 0.0759. The predicted octanol–water partition coefficient (Wildman–Crippen LogP) is 2.81. The molecule has 12 heteroatoms. The third kappa shape index (κ3) is 6.55. The van der Waals surface area contributed by atoms with E-state index in [4.69, 9.17) is 14.6 Å². The van der Waals surface area contributed by atoms with Gasteiger partial charge in [-0.3, -0.25) is 10.2 Å². The van der Waals surface area contributed by atoms with Crippen LogP contribution in [0, 0.1) is 5.82 Å². The van der Waals surface area contributed by atoms with Crippen molar-refractivity contribution < 1.29 is 33.4 Å². The number of nitrogens with one attached hydrogen (secondary N) is 4. The van der Waals surface area contributed by atoms with Crippen molar-refractivity contribution >= 4 is 29.5 Å². The van der Waals surface area contributed by atoms with Crippen LogP contribution in [-0.2, 0) is 4.74 Å². The van der Waals surface area contributed by atoms with E-state index < -0.39 is 29.5 Å². The SMILES string of the molecule is CCOc1c(NC2CC2)c(C(=O)NNC(=O)O)cc(F)c1N1CCC(NC(=O)OC(C)(C)C)C1. The molecule has 0 aromatic heterocycles. The lowest BCUT2D eigenvalue weighted by atomic mass is 10.1. The van der Waals surface area contributed by atoms with E-state index >= 15 is 4.39 Å². The van der Waals surface area contributed by atoms with Gasteiger partial charge < -0.3 is 30.1 Å². The van der Waals surface area contributed by atoms with E-state index in [0.717, 1.165) is 18.9 Å². The van der Waals surface area contributed by atoms with Crippen molar-refractivity contribution in [3.8, 4) is 5.75 Å². The number of hydrogen-bond donors (Lipinski definition) is 5. The summed E-state index contributed by atoms with van der Waals surface area (Å²) < 4.78 is 26.5. The Labute approximate surface area is 197 Å². The summed E-state index contributed by atoms with van der Waals surface area (Å²) in [6, 6.07) is 0.916. The monoisotopic (exact) mass is 481 g/mol. The molecule has 34 heavy (non-hydrogen) atoms. The van der Waals surface area contributed by atoms with Crippen LogP contribution in [-0.4, -0.2) is 60.6 Å². The molecule has 2 fully saturated rings. The lowest BCUT2D eigenvalue weighted by molar-refractivity contribution is 0.0508. The Bertz CT molecular complexity index is 947. The molecule has 1 atom stereocenters. The van der Waals surface area contributed by atoms with Crippen molar-refractivity contribution in [2.45, 2.75) is 64.6 Å². The number of carboxylic acid groups (broad SMARTS) is 1. The Morgan fingerprint density at radius 2 is 1.88 bits per heavy atom. The number of ether oxygens (including phenoxy) is 2. The highest BCUT2D eigenvalue weighted by atomic mass is 19.1. The molecule has 0 bridgehead atoms. The van der Waals surface area contributed by atoms with Crippen LogP contribution in [0.5, 0.6) is 5.75 Å². The summed E-state index contributed by atoms with van der Waals surface area (Å²) in [6.45, 7) is 8.06. The molecule has 3 rings (SSSR count). The van der Waals surface area contributed by atoms with E-state index in [1.807, 2.05) is 5.43 Å². The molecule has 1 aromatic rings. The highest BCUT2D eigenvalue weighted by molar-refractivity contribution is 6.03. The molecule has 0 spiro atoms. The number of carbonyl (C=O) groups excluding carboxylic acids is 2. The summed E-state index contributed by atoms with van der Waals surface area (Å²) in [5, 5.41) is 14.8. The van der Waals surface area contributed by atoms with Gasteiger partial charge in [0.15, 0.2) is 11.6 Å². The Morgan fingerprint density at radius 3 is 2.47 bits per heavy atom. The Morgan fingerprint density at radius 1 is 1.18 bits per heavy atom. The van der Waals surface area contributed by atoms with Gasteiger partial charge in [0.2, 0.25) is 0 Å². The van der Waals surface area contributed by atoms with Gasteiger partial charge in [-0.05, 0) is 53.0 Å². The van der Waals surface area contributed by atoms with E-state index in [2.05, 4.69) is 10.6 Å². The number of halogens is 1. The van der Waals surface area contributed by atoms with E-state index in [1.165, 1.54) is 0 Å².